The van der Waals surface area contributed by atoms with Gasteiger partial charge in [0.2, 0.25) is 5.91 Å². The van der Waals surface area contributed by atoms with Gasteiger partial charge in [-0.15, -0.1) is 6.42 Å². The second kappa shape index (κ2) is 21.9. The van der Waals surface area contributed by atoms with E-state index in [4.69, 9.17) is 20.6 Å². The Morgan fingerprint density at radius 1 is 0.600 bits per heavy atom. The highest BCUT2D eigenvalue weighted by molar-refractivity contribution is 5.78. The fourth-order valence-electron chi connectivity index (χ4n) is 3.88. The van der Waals surface area contributed by atoms with Gasteiger partial charge in [0.05, 0.1) is 59.2 Å². The van der Waals surface area contributed by atoms with Gasteiger partial charge in [-0.25, -0.2) is 0 Å². The van der Waals surface area contributed by atoms with E-state index < -0.39 is 17.9 Å². The predicted molar refractivity (Wildman–Crippen MR) is 143 cm³/mol. The molecule has 15 heteroatoms. The molecule has 1 saturated heterocycles. The van der Waals surface area contributed by atoms with E-state index >= 15 is 0 Å². The van der Waals surface area contributed by atoms with Gasteiger partial charge in [0.1, 0.15) is 6.61 Å². The van der Waals surface area contributed by atoms with Crippen LogP contribution in [0.3, 0.4) is 0 Å². The van der Waals surface area contributed by atoms with E-state index in [1.165, 1.54) is 0 Å². The average Bonchev–Trinajstić information content (AvgIpc) is 2.88. The van der Waals surface area contributed by atoms with Gasteiger partial charge in [0.25, 0.3) is 0 Å². The quantitative estimate of drug-likeness (QED) is 0.0979. The number of carboxylic acids is 3. The zero-order valence-corrected chi connectivity index (χ0v) is 23.0. The number of carboxylic acid groups (broad SMARTS) is 3. The lowest BCUT2D eigenvalue weighted by atomic mass is 10.3. The molecule has 15 nitrogen and oxygen atoms in total. The third-order valence-corrected chi connectivity index (χ3v) is 5.87. The van der Waals surface area contributed by atoms with Gasteiger partial charge in [-0.2, -0.15) is 0 Å². The standard InChI is InChI=1S/C25H43N5O10/c1-2-12-38-14-16-40-17-15-39-13-3-26-22(31)18-27-4-6-28(19-23(32)33)8-10-30(21-25(36)37)11-9-29(7-5-27)20-24(34)35/h1H,3-21H2,(H,26,31)(H,32,33)(H,34,35)(H,36,37). The van der Waals surface area contributed by atoms with Gasteiger partial charge < -0.3 is 34.8 Å². The lowest BCUT2D eigenvalue weighted by molar-refractivity contribution is -0.140. The van der Waals surface area contributed by atoms with Crippen molar-refractivity contribution in [1.29, 1.82) is 0 Å². The summed E-state index contributed by atoms with van der Waals surface area (Å²) < 4.78 is 15.9. The molecule has 4 N–H and O–H groups in total. The number of carbonyl (C=O) groups excluding carboxylic acids is 1. The third-order valence-electron chi connectivity index (χ3n) is 5.87. The van der Waals surface area contributed by atoms with Crippen LogP contribution in [-0.2, 0) is 33.4 Å². The number of aliphatic carboxylic acids is 3. The van der Waals surface area contributed by atoms with Crippen LogP contribution < -0.4 is 5.32 Å². The molecule has 0 aromatic heterocycles. The van der Waals surface area contributed by atoms with Crippen LogP contribution in [0.2, 0.25) is 0 Å². The number of amides is 1. The van der Waals surface area contributed by atoms with Gasteiger partial charge in [0.15, 0.2) is 0 Å². The van der Waals surface area contributed by atoms with E-state index in [1.54, 1.807) is 14.7 Å². The topological polar surface area (TPSA) is 182 Å². The minimum Gasteiger partial charge on any atom is -0.480 e. The highest BCUT2D eigenvalue weighted by atomic mass is 16.5. The monoisotopic (exact) mass is 573 g/mol. The number of nitrogens with zero attached hydrogens (tertiary/aromatic N) is 4. The van der Waals surface area contributed by atoms with Crippen molar-refractivity contribution in [2.24, 2.45) is 0 Å². The van der Waals surface area contributed by atoms with Crippen LogP contribution >= 0.6 is 0 Å². The maximum Gasteiger partial charge on any atom is 0.317 e. The number of hydrogen-bond acceptors (Lipinski definition) is 11. The van der Waals surface area contributed by atoms with Crippen LogP contribution in [0.5, 0.6) is 0 Å². The van der Waals surface area contributed by atoms with Crippen molar-refractivity contribution >= 4 is 23.8 Å². The Balaban J connectivity index is 2.58. The van der Waals surface area contributed by atoms with Crippen molar-refractivity contribution in [2.45, 2.75) is 0 Å². The summed E-state index contributed by atoms with van der Waals surface area (Å²) in [5.74, 6) is -0.895. The van der Waals surface area contributed by atoms with E-state index in [9.17, 15) is 34.5 Å². The first-order valence-electron chi connectivity index (χ1n) is 13.2. The maximum absolute atomic E-state index is 12.6. The van der Waals surface area contributed by atoms with Crippen LogP contribution in [-0.4, -0.2) is 183 Å². The Morgan fingerprint density at radius 2 is 0.950 bits per heavy atom. The van der Waals surface area contributed by atoms with E-state index in [-0.39, 0.29) is 38.7 Å². The normalized spacial score (nSPS) is 16.9. The highest BCUT2D eigenvalue weighted by Gasteiger charge is 2.21. The Kier molecular flexibility index (Phi) is 19.3. The molecule has 0 saturated carbocycles. The molecule has 1 aliphatic heterocycles. The van der Waals surface area contributed by atoms with E-state index in [2.05, 4.69) is 11.2 Å². The van der Waals surface area contributed by atoms with Crippen molar-refractivity contribution < 1.29 is 48.7 Å². The van der Waals surface area contributed by atoms with Crippen molar-refractivity contribution in [2.75, 3.05) is 125 Å². The smallest absolute Gasteiger partial charge is 0.317 e. The number of rotatable bonds is 18. The van der Waals surface area contributed by atoms with Crippen molar-refractivity contribution in [3.05, 3.63) is 0 Å². The number of nitrogens with one attached hydrogen (secondary N) is 1. The molecule has 1 fully saturated rings. The molecule has 228 valence electrons. The Morgan fingerprint density at radius 3 is 1.32 bits per heavy atom. The summed E-state index contributed by atoms with van der Waals surface area (Å²) in [7, 11) is 0. The highest BCUT2D eigenvalue weighted by Crippen LogP contribution is 2.01. The molecule has 0 aromatic rings. The first-order valence-corrected chi connectivity index (χ1v) is 13.2. The van der Waals surface area contributed by atoms with Gasteiger partial charge >= 0.3 is 17.9 Å². The van der Waals surface area contributed by atoms with Crippen LogP contribution in [0.15, 0.2) is 0 Å². The van der Waals surface area contributed by atoms with Crippen molar-refractivity contribution in [1.82, 2.24) is 24.9 Å². The molecule has 1 amide bonds. The molecular weight excluding hydrogens is 530 g/mol. The van der Waals surface area contributed by atoms with E-state index in [1.807, 2.05) is 4.90 Å². The Hall–Kier alpha value is -2.84. The van der Waals surface area contributed by atoms with E-state index in [0.29, 0.717) is 91.9 Å². The maximum atomic E-state index is 12.6. The lowest BCUT2D eigenvalue weighted by Gasteiger charge is -2.32. The Bertz CT molecular complexity index is 777. The summed E-state index contributed by atoms with van der Waals surface area (Å²) in [6, 6.07) is 0. The molecule has 0 unspecified atom stereocenters. The summed E-state index contributed by atoms with van der Waals surface area (Å²) in [6.07, 6.45) is 5.08. The average molecular weight is 574 g/mol. The SMILES string of the molecule is C#CCOCCOCCOCCNC(=O)CN1CCN(CC(=O)O)CCN(CC(=O)O)CCN(CC(=O)O)CC1. The second-order valence-electron chi connectivity index (χ2n) is 9.12. The molecule has 40 heavy (non-hydrogen) atoms. The summed E-state index contributed by atoms with van der Waals surface area (Å²) in [5, 5.41) is 30.6. The van der Waals surface area contributed by atoms with Crippen LogP contribution in [0, 0.1) is 12.3 Å². The fourth-order valence-corrected chi connectivity index (χ4v) is 3.88. The lowest BCUT2D eigenvalue weighted by Crippen LogP contribution is -2.50. The third kappa shape index (κ3) is 19.3. The minimum absolute atomic E-state index is 0.0493. The molecule has 1 heterocycles. The predicted octanol–water partition coefficient (Wildman–Crippen LogP) is -2.74. The molecule has 0 bridgehead atoms. The van der Waals surface area contributed by atoms with Crippen molar-refractivity contribution in [3.8, 4) is 12.3 Å². The first kappa shape index (κ1) is 35.2. The van der Waals surface area contributed by atoms with Crippen molar-refractivity contribution in [3.63, 3.8) is 0 Å². The second-order valence-corrected chi connectivity index (χ2v) is 9.12. The summed E-state index contributed by atoms with van der Waals surface area (Å²) in [4.78, 5) is 53.5. The van der Waals surface area contributed by atoms with Gasteiger partial charge in [-0.05, 0) is 0 Å². The number of terminal acetylenes is 1. The Labute approximate surface area is 234 Å². The molecule has 1 rings (SSSR count). The van der Waals surface area contributed by atoms with E-state index in [0.717, 1.165) is 0 Å². The molecule has 0 radical (unpaired) electrons. The summed E-state index contributed by atoms with van der Waals surface area (Å²) in [6.45, 7) is 4.48. The molecule has 1 aliphatic rings. The zero-order valence-electron chi connectivity index (χ0n) is 23.0. The molecule has 0 aliphatic carbocycles. The largest absolute Gasteiger partial charge is 0.480 e. The van der Waals surface area contributed by atoms with Gasteiger partial charge in [-0.1, -0.05) is 5.92 Å². The number of ether oxygens (including phenoxy) is 3. The minimum atomic E-state index is -1.01. The van der Waals surface area contributed by atoms with Crippen LogP contribution in [0.1, 0.15) is 0 Å². The van der Waals surface area contributed by atoms with Gasteiger partial charge in [-0.3, -0.25) is 38.8 Å². The van der Waals surface area contributed by atoms with Crippen LogP contribution in [0.4, 0.5) is 0 Å². The molecular formula is C25H43N5O10. The first-order chi connectivity index (χ1) is 19.2. The molecule has 0 spiro atoms. The molecule has 0 atom stereocenters. The zero-order chi connectivity index (χ0) is 29.6. The van der Waals surface area contributed by atoms with Gasteiger partial charge in [0, 0.05) is 58.9 Å². The van der Waals surface area contributed by atoms with Crippen LogP contribution in [0.25, 0.3) is 0 Å². The summed E-state index contributed by atoms with van der Waals surface area (Å²) in [5.41, 5.74) is 0. The summed E-state index contributed by atoms with van der Waals surface area (Å²) >= 11 is 0. The number of hydrogen-bond donors (Lipinski definition) is 4. The molecule has 0 aromatic carbocycles. The fraction of sp³-hybridized carbons (Fsp3) is 0.760. The number of carbonyl (C=O) groups is 4.